The maximum atomic E-state index is 12.9. The van der Waals surface area contributed by atoms with Crippen LogP contribution in [0, 0.1) is 0 Å². The summed E-state index contributed by atoms with van der Waals surface area (Å²) >= 11 is 0. The van der Waals surface area contributed by atoms with Crippen LogP contribution in [0.5, 0.6) is 0 Å². The lowest BCUT2D eigenvalue weighted by Crippen LogP contribution is -2.15. The van der Waals surface area contributed by atoms with Gasteiger partial charge in [0, 0.05) is 12.5 Å². The second kappa shape index (κ2) is 10.6. The zero-order chi connectivity index (χ0) is 27.7. The number of hydrogen-bond donors (Lipinski definition) is 1. The van der Waals surface area contributed by atoms with E-state index in [0.717, 1.165) is 12.1 Å². The van der Waals surface area contributed by atoms with Crippen molar-refractivity contribution in [2.75, 3.05) is 11.1 Å². The molecule has 0 fully saturated rings. The highest BCUT2D eigenvalue weighted by atomic mass is 32.2. The molecule has 200 valence electrons. The SMILES string of the molecule is CCS(=O)(=O)c1ccc(CC(=O)Nc2cnc3nc(Cc4ccc(C(F)(F)F)cc4)n(C(C)C)c3c2)cc1. The number of carbonyl (C=O) groups is 1. The number of imidazole rings is 1. The number of nitrogens with zero attached hydrogens (tertiary/aromatic N) is 3. The largest absolute Gasteiger partial charge is 0.416 e. The molecule has 1 N–H and O–H groups in total. The third-order valence-electron chi connectivity index (χ3n) is 6.09. The van der Waals surface area contributed by atoms with E-state index in [-0.39, 0.29) is 29.0 Å². The molecule has 4 aromatic rings. The van der Waals surface area contributed by atoms with Gasteiger partial charge in [-0.1, -0.05) is 31.2 Å². The van der Waals surface area contributed by atoms with E-state index in [1.54, 1.807) is 25.1 Å². The Morgan fingerprint density at radius 3 is 2.24 bits per heavy atom. The number of nitrogens with one attached hydrogen (secondary N) is 1. The van der Waals surface area contributed by atoms with E-state index in [1.807, 2.05) is 18.4 Å². The van der Waals surface area contributed by atoms with Crippen molar-refractivity contribution in [3.63, 3.8) is 0 Å². The second-order valence-electron chi connectivity index (χ2n) is 9.20. The summed E-state index contributed by atoms with van der Waals surface area (Å²) in [6.45, 7) is 5.50. The van der Waals surface area contributed by atoms with E-state index < -0.39 is 21.6 Å². The van der Waals surface area contributed by atoms with Crippen molar-refractivity contribution in [1.82, 2.24) is 14.5 Å². The Labute approximate surface area is 218 Å². The summed E-state index contributed by atoms with van der Waals surface area (Å²) in [6, 6.07) is 13.0. The first-order valence-corrected chi connectivity index (χ1v) is 13.7. The Kier molecular flexibility index (Phi) is 7.59. The molecule has 2 aromatic carbocycles. The first-order valence-electron chi connectivity index (χ1n) is 12.0. The van der Waals surface area contributed by atoms with Gasteiger partial charge in [0.15, 0.2) is 15.5 Å². The number of anilines is 1. The van der Waals surface area contributed by atoms with Crippen LogP contribution in [-0.4, -0.2) is 34.6 Å². The quantitative estimate of drug-likeness (QED) is 0.312. The van der Waals surface area contributed by atoms with Gasteiger partial charge >= 0.3 is 6.18 Å². The fourth-order valence-electron chi connectivity index (χ4n) is 4.16. The highest BCUT2D eigenvalue weighted by Gasteiger charge is 2.30. The molecule has 7 nitrogen and oxygen atoms in total. The van der Waals surface area contributed by atoms with E-state index in [0.29, 0.717) is 40.2 Å². The molecule has 38 heavy (non-hydrogen) atoms. The van der Waals surface area contributed by atoms with Gasteiger partial charge in [-0.15, -0.1) is 0 Å². The lowest BCUT2D eigenvalue weighted by atomic mass is 10.1. The second-order valence-corrected chi connectivity index (χ2v) is 11.5. The predicted octanol–water partition coefficient (Wildman–Crippen LogP) is 5.60. The molecular formula is C27H27F3N4O3S. The van der Waals surface area contributed by atoms with Gasteiger partial charge in [-0.25, -0.2) is 18.4 Å². The monoisotopic (exact) mass is 544 g/mol. The van der Waals surface area contributed by atoms with Crippen LogP contribution >= 0.6 is 0 Å². The zero-order valence-corrected chi connectivity index (χ0v) is 21.9. The number of rotatable bonds is 8. The van der Waals surface area contributed by atoms with Crippen LogP contribution in [0.1, 0.15) is 49.3 Å². The molecule has 2 aromatic heterocycles. The first kappa shape index (κ1) is 27.3. The number of halogens is 3. The van der Waals surface area contributed by atoms with Crippen molar-refractivity contribution < 1.29 is 26.4 Å². The van der Waals surface area contributed by atoms with E-state index in [2.05, 4.69) is 15.3 Å². The number of fused-ring (bicyclic) bond motifs is 1. The van der Waals surface area contributed by atoms with Gasteiger partial charge in [0.1, 0.15) is 5.82 Å². The van der Waals surface area contributed by atoms with Gasteiger partial charge in [0.25, 0.3) is 0 Å². The molecule has 0 aliphatic heterocycles. The minimum atomic E-state index is -4.40. The maximum Gasteiger partial charge on any atom is 0.416 e. The first-order chi connectivity index (χ1) is 17.9. The summed E-state index contributed by atoms with van der Waals surface area (Å²) in [5, 5.41) is 2.82. The zero-order valence-electron chi connectivity index (χ0n) is 21.1. The normalized spacial score (nSPS) is 12.3. The Hall–Kier alpha value is -3.73. The van der Waals surface area contributed by atoms with Crippen LogP contribution < -0.4 is 5.32 Å². The Morgan fingerprint density at radius 2 is 1.66 bits per heavy atom. The molecule has 0 aliphatic carbocycles. The van der Waals surface area contributed by atoms with E-state index >= 15 is 0 Å². The molecule has 0 bridgehead atoms. The number of sulfone groups is 1. The summed E-state index contributed by atoms with van der Waals surface area (Å²) in [4.78, 5) is 21.8. The van der Waals surface area contributed by atoms with Crippen LogP contribution in [0.25, 0.3) is 11.2 Å². The molecule has 0 saturated carbocycles. The van der Waals surface area contributed by atoms with Gasteiger partial charge in [0.2, 0.25) is 5.91 Å². The standard InChI is InChI=1S/C27H27F3N4O3S/c1-4-38(36,37)22-11-7-19(8-12-22)14-25(35)32-21-15-23-26(31-16-21)33-24(34(23)17(2)3)13-18-5-9-20(10-6-18)27(28,29)30/h5-12,15-17H,4,13-14H2,1-3H3,(H,32,35). The molecule has 2 heterocycles. The Bertz CT molecular complexity index is 1560. The molecule has 0 atom stereocenters. The molecule has 0 spiro atoms. The molecule has 11 heteroatoms. The molecule has 0 radical (unpaired) electrons. The lowest BCUT2D eigenvalue weighted by Gasteiger charge is -2.14. The summed E-state index contributed by atoms with van der Waals surface area (Å²) < 4.78 is 64.6. The molecule has 0 aliphatic rings. The molecule has 4 rings (SSSR count). The average molecular weight is 545 g/mol. The van der Waals surface area contributed by atoms with Crippen molar-refractivity contribution in [2.45, 2.75) is 50.7 Å². The van der Waals surface area contributed by atoms with Crippen LogP contribution in [0.4, 0.5) is 18.9 Å². The number of hydrogen-bond acceptors (Lipinski definition) is 5. The number of amides is 1. The third kappa shape index (κ3) is 6.04. The van der Waals surface area contributed by atoms with Gasteiger partial charge < -0.3 is 9.88 Å². The molecule has 1 amide bonds. The van der Waals surface area contributed by atoms with E-state index in [1.165, 1.54) is 30.5 Å². The van der Waals surface area contributed by atoms with Gasteiger partial charge in [0.05, 0.1) is 40.0 Å². The molecule has 0 saturated heterocycles. The van der Waals surface area contributed by atoms with Crippen LogP contribution in [0.15, 0.2) is 65.7 Å². The van der Waals surface area contributed by atoms with Crippen molar-refractivity contribution in [3.05, 3.63) is 83.3 Å². The number of aromatic nitrogens is 3. The van der Waals surface area contributed by atoms with Gasteiger partial charge in [-0.05, 0) is 55.3 Å². The van der Waals surface area contributed by atoms with Crippen molar-refractivity contribution >= 4 is 32.6 Å². The smallest absolute Gasteiger partial charge is 0.324 e. The highest BCUT2D eigenvalue weighted by Crippen LogP contribution is 2.30. The van der Waals surface area contributed by atoms with E-state index in [4.69, 9.17) is 0 Å². The van der Waals surface area contributed by atoms with Crippen molar-refractivity contribution in [1.29, 1.82) is 0 Å². The number of benzene rings is 2. The van der Waals surface area contributed by atoms with Crippen LogP contribution in [0.2, 0.25) is 0 Å². The molecular weight excluding hydrogens is 517 g/mol. The minimum Gasteiger partial charge on any atom is -0.324 e. The maximum absolute atomic E-state index is 12.9. The van der Waals surface area contributed by atoms with Crippen LogP contribution in [0.3, 0.4) is 0 Å². The average Bonchev–Trinajstić information content (AvgIpc) is 3.21. The summed E-state index contributed by atoms with van der Waals surface area (Å²) in [6.07, 6.45) is -2.53. The minimum absolute atomic E-state index is 0.00131. The Morgan fingerprint density at radius 1 is 1.03 bits per heavy atom. The number of alkyl halides is 3. The van der Waals surface area contributed by atoms with Crippen molar-refractivity contribution in [3.8, 4) is 0 Å². The fraction of sp³-hybridized carbons (Fsp3) is 0.296. The summed E-state index contributed by atoms with van der Waals surface area (Å²) in [7, 11) is -3.31. The van der Waals surface area contributed by atoms with Crippen molar-refractivity contribution in [2.24, 2.45) is 0 Å². The Balaban J connectivity index is 1.53. The number of carbonyl (C=O) groups excluding carboxylic acids is 1. The third-order valence-corrected chi connectivity index (χ3v) is 7.84. The highest BCUT2D eigenvalue weighted by molar-refractivity contribution is 7.91. The lowest BCUT2D eigenvalue weighted by molar-refractivity contribution is -0.137. The summed E-state index contributed by atoms with van der Waals surface area (Å²) in [5.41, 5.74) is 2.26. The van der Waals surface area contributed by atoms with Gasteiger partial charge in [-0.2, -0.15) is 13.2 Å². The molecule has 0 unspecified atom stereocenters. The van der Waals surface area contributed by atoms with E-state index in [9.17, 15) is 26.4 Å². The van der Waals surface area contributed by atoms with Crippen LogP contribution in [-0.2, 0) is 33.6 Å². The summed E-state index contributed by atoms with van der Waals surface area (Å²) in [5.74, 6) is 0.354. The van der Waals surface area contributed by atoms with Gasteiger partial charge in [-0.3, -0.25) is 4.79 Å². The number of pyridine rings is 1. The predicted molar refractivity (Wildman–Crippen MR) is 139 cm³/mol. The fourth-order valence-corrected chi connectivity index (χ4v) is 5.04. The topological polar surface area (TPSA) is 93.9 Å².